The van der Waals surface area contributed by atoms with Crippen molar-refractivity contribution in [1.29, 1.82) is 0 Å². The third-order valence-corrected chi connectivity index (χ3v) is 15.4. The number of hydrogen-bond donors (Lipinski definition) is 2. The lowest BCUT2D eigenvalue weighted by molar-refractivity contribution is -0.181. The first-order valence-electron chi connectivity index (χ1n) is 17.8. The molecule has 4 fully saturated rings. The van der Waals surface area contributed by atoms with E-state index < -0.39 is 5.41 Å². The molecule has 5 nitrogen and oxygen atoms in total. The molecule has 2 N–H and O–H groups in total. The molecular formula is C40H55BrN2O3. The van der Waals surface area contributed by atoms with Crippen molar-refractivity contribution in [2.24, 2.45) is 56.7 Å². The molecule has 1 aromatic rings. The van der Waals surface area contributed by atoms with Gasteiger partial charge in [-0.25, -0.2) is 0 Å². The molecule has 0 aliphatic heterocycles. The molecule has 0 aromatic heterocycles. The fraction of sp³-hybridized carbons (Fsp3) is 0.675. The van der Waals surface area contributed by atoms with Gasteiger partial charge >= 0.3 is 0 Å². The highest BCUT2D eigenvalue weighted by atomic mass is 79.9. The summed E-state index contributed by atoms with van der Waals surface area (Å²) < 4.78 is 0.935. The number of amides is 2. The molecule has 0 spiro atoms. The van der Waals surface area contributed by atoms with E-state index in [1.165, 1.54) is 0 Å². The molecular weight excluding hydrogens is 636 g/mol. The zero-order chi connectivity index (χ0) is 33.4. The van der Waals surface area contributed by atoms with E-state index in [1.807, 2.05) is 12.1 Å². The molecule has 0 unspecified atom stereocenters. The van der Waals surface area contributed by atoms with Gasteiger partial charge in [0.1, 0.15) is 0 Å². The van der Waals surface area contributed by atoms with Gasteiger partial charge in [0.2, 0.25) is 5.91 Å². The van der Waals surface area contributed by atoms with E-state index in [4.69, 9.17) is 0 Å². The summed E-state index contributed by atoms with van der Waals surface area (Å²) in [5.74, 6) is 2.35. The third kappa shape index (κ3) is 4.77. The molecule has 0 saturated heterocycles. The molecule has 6 heteroatoms. The molecule has 0 bridgehead atoms. The summed E-state index contributed by atoms with van der Waals surface area (Å²) in [6, 6.07) is 7.32. The summed E-state index contributed by atoms with van der Waals surface area (Å²) in [5.41, 5.74) is 2.32. The Morgan fingerprint density at radius 1 is 0.913 bits per heavy atom. The average molecular weight is 692 g/mol. The van der Waals surface area contributed by atoms with Crippen LogP contribution in [0.25, 0.3) is 0 Å². The van der Waals surface area contributed by atoms with Gasteiger partial charge in [-0.15, -0.1) is 0 Å². The summed E-state index contributed by atoms with van der Waals surface area (Å²) in [7, 11) is 0. The number of allylic oxidation sites excluding steroid dienone is 3. The number of halogens is 1. The Labute approximate surface area is 285 Å². The second-order valence-electron chi connectivity index (χ2n) is 17.2. The minimum absolute atomic E-state index is 0.00917. The second-order valence-corrected chi connectivity index (χ2v) is 18.1. The number of nitrogens with one attached hydrogen (secondary N) is 2. The summed E-state index contributed by atoms with van der Waals surface area (Å²) in [6.45, 7) is 21.8. The van der Waals surface area contributed by atoms with Crippen molar-refractivity contribution in [3.63, 3.8) is 0 Å². The highest BCUT2D eigenvalue weighted by Crippen LogP contribution is 2.75. The SMILES string of the molecule is C=C1C[C@]2(C)[C@H]3CC=C4[C@@H]5[C@@H](C)[C@H](C)CC[C@]5(C(=O)NCCNC(=O)c5ccc(Br)cc5)CC[C@@]4(C)[C@]3(C)CC[C@H]2C(C)(C)C1=O. The van der Waals surface area contributed by atoms with E-state index in [9.17, 15) is 14.4 Å². The molecule has 46 heavy (non-hydrogen) atoms. The summed E-state index contributed by atoms with van der Waals surface area (Å²) in [5, 5.41) is 6.28. The molecule has 1 aromatic carbocycles. The van der Waals surface area contributed by atoms with Crippen LogP contribution in [0.2, 0.25) is 0 Å². The number of hydrogen-bond acceptors (Lipinski definition) is 3. The standard InChI is InChI=1S/C40H55BrN2O3/c1-24-15-18-40(35(46)43-22-21-42-34(45)27-9-11-28(41)12-10-27)20-19-38(7)29(32(40)26(24)3)13-14-31-37(6)23-25(2)33(44)36(4,5)30(37)16-17-39(31,38)8/h9-13,24,26,30-32H,2,14-23H2,1,3-8H3,(H,42,45)(H,43,46)/t24-,26+,30+,31-,32+,37+,38-,39-,40+/m1/s1. The predicted molar refractivity (Wildman–Crippen MR) is 188 cm³/mol. The topological polar surface area (TPSA) is 75.3 Å². The number of benzene rings is 1. The van der Waals surface area contributed by atoms with Crippen molar-refractivity contribution >= 4 is 33.5 Å². The lowest BCUT2D eigenvalue weighted by atomic mass is 9.33. The highest BCUT2D eigenvalue weighted by molar-refractivity contribution is 9.10. The number of carbonyl (C=O) groups is 3. The van der Waals surface area contributed by atoms with Gasteiger partial charge in [-0.3, -0.25) is 14.4 Å². The molecule has 6 rings (SSSR count). The number of rotatable bonds is 5. The molecule has 5 aliphatic carbocycles. The van der Waals surface area contributed by atoms with Crippen molar-refractivity contribution < 1.29 is 14.4 Å². The van der Waals surface area contributed by atoms with Crippen LogP contribution in [0.3, 0.4) is 0 Å². The Balaban J connectivity index is 1.26. The number of carbonyl (C=O) groups excluding carboxylic acids is 3. The minimum atomic E-state index is -0.412. The second kappa shape index (κ2) is 11.4. The zero-order valence-corrected chi connectivity index (χ0v) is 30.7. The van der Waals surface area contributed by atoms with Crippen LogP contribution in [0.4, 0.5) is 0 Å². The largest absolute Gasteiger partial charge is 0.354 e. The first kappa shape index (κ1) is 33.7. The molecule has 2 amide bonds. The smallest absolute Gasteiger partial charge is 0.251 e. The first-order valence-corrected chi connectivity index (χ1v) is 18.6. The van der Waals surface area contributed by atoms with E-state index in [-0.39, 0.29) is 45.2 Å². The summed E-state index contributed by atoms with van der Waals surface area (Å²) in [4.78, 5) is 40.4. The van der Waals surface area contributed by atoms with Crippen LogP contribution in [-0.4, -0.2) is 30.7 Å². The van der Waals surface area contributed by atoms with Crippen molar-refractivity contribution in [2.75, 3.05) is 13.1 Å². The summed E-state index contributed by atoms with van der Waals surface area (Å²) in [6.07, 6.45) is 10.5. The van der Waals surface area contributed by atoms with Gasteiger partial charge in [-0.2, -0.15) is 0 Å². The van der Waals surface area contributed by atoms with Crippen LogP contribution < -0.4 is 10.6 Å². The van der Waals surface area contributed by atoms with Crippen molar-refractivity contribution in [3.05, 3.63) is 58.1 Å². The number of Topliss-reactive ketones (excluding diaryl/α,β-unsaturated/α-hetero) is 1. The van der Waals surface area contributed by atoms with Gasteiger partial charge < -0.3 is 10.6 Å². The van der Waals surface area contributed by atoms with Crippen LogP contribution in [0, 0.1) is 56.7 Å². The van der Waals surface area contributed by atoms with E-state index in [0.717, 1.165) is 61.4 Å². The van der Waals surface area contributed by atoms with Crippen LogP contribution in [0.15, 0.2) is 52.5 Å². The lowest BCUT2D eigenvalue weighted by Crippen LogP contribution is -2.65. The van der Waals surface area contributed by atoms with Crippen LogP contribution in [0.5, 0.6) is 0 Å². The van der Waals surface area contributed by atoms with E-state index in [2.05, 4.69) is 87.7 Å². The Hall–Kier alpha value is -2.21. The van der Waals surface area contributed by atoms with Crippen molar-refractivity contribution in [2.45, 2.75) is 99.8 Å². The highest BCUT2D eigenvalue weighted by Gasteiger charge is 2.69. The Morgan fingerprint density at radius 2 is 1.59 bits per heavy atom. The number of fused-ring (bicyclic) bond motifs is 7. The minimum Gasteiger partial charge on any atom is -0.354 e. The van der Waals surface area contributed by atoms with Crippen LogP contribution in [0.1, 0.15) is 110 Å². The Bertz CT molecular complexity index is 1480. The molecule has 250 valence electrons. The van der Waals surface area contributed by atoms with Gasteiger partial charge in [0.05, 0.1) is 5.41 Å². The summed E-state index contributed by atoms with van der Waals surface area (Å²) >= 11 is 3.42. The van der Waals surface area contributed by atoms with Gasteiger partial charge in [0.15, 0.2) is 5.78 Å². The van der Waals surface area contributed by atoms with Crippen LogP contribution >= 0.6 is 15.9 Å². The fourth-order valence-corrected chi connectivity index (χ4v) is 12.3. The van der Waals surface area contributed by atoms with E-state index in [0.29, 0.717) is 42.3 Å². The maximum Gasteiger partial charge on any atom is 0.251 e. The molecule has 4 saturated carbocycles. The quantitative estimate of drug-likeness (QED) is 0.184. The van der Waals surface area contributed by atoms with Crippen molar-refractivity contribution in [1.82, 2.24) is 10.6 Å². The van der Waals surface area contributed by atoms with Gasteiger partial charge in [0, 0.05) is 28.5 Å². The van der Waals surface area contributed by atoms with Gasteiger partial charge in [-0.05, 0) is 127 Å². The van der Waals surface area contributed by atoms with E-state index in [1.54, 1.807) is 17.7 Å². The maximum absolute atomic E-state index is 14.4. The zero-order valence-electron chi connectivity index (χ0n) is 29.2. The third-order valence-electron chi connectivity index (χ3n) is 14.9. The maximum atomic E-state index is 14.4. The first-order chi connectivity index (χ1) is 21.5. The average Bonchev–Trinajstić information content (AvgIpc) is 3.00. The molecule has 0 radical (unpaired) electrons. The van der Waals surface area contributed by atoms with Crippen LogP contribution in [-0.2, 0) is 9.59 Å². The Morgan fingerprint density at radius 3 is 2.28 bits per heavy atom. The van der Waals surface area contributed by atoms with E-state index >= 15 is 0 Å². The molecule has 9 atom stereocenters. The monoisotopic (exact) mass is 690 g/mol. The van der Waals surface area contributed by atoms with Crippen molar-refractivity contribution in [3.8, 4) is 0 Å². The van der Waals surface area contributed by atoms with Gasteiger partial charge in [-0.1, -0.05) is 82.6 Å². The predicted octanol–water partition coefficient (Wildman–Crippen LogP) is 8.69. The lowest BCUT2D eigenvalue weighted by Gasteiger charge is -2.71. The van der Waals surface area contributed by atoms with Gasteiger partial charge in [0.25, 0.3) is 5.91 Å². The fourth-order valence-electron chi connectivity index (χ4n) is 12.1. The molecule has 5 aliphatic rings. The number of ketones is 1. The molecule has 0 heterocycles. The Kier molecular flexibility index (Phi) is 8.38. The normalized spacial score (nSPS) is 41.2.